The third kappa shape index (κ3) is 1.76. The molecule has 5 atom stereocenters. The maximum absolute atomic E-state index is 11.1. The molecule has 0 radical (unpaired) electrons. The second kappa shape index (κ2) is 3.91. The topological polar surface area (TPSA) is 49.8 Å². The molecule has 0 bridgehead atoms. The summed E-state index contributed by atoms with van der Waals surface area (Å²) in [6, 6.07) is 0. The van der Waals surface area contributed by atoms with Crippen molar-refractivity contribution in [1.82, 2.24) is 0 Å². The molecular weight excluding hydrogens is 228 g/mol. The van der Waals surface area contributed by atoms with Crippen LogP contribution in [-0.2, 0) is 9.53 Å². The minimum Gasteiger partial charge on any atom is -0.396 e. The van der Waals surface area contributed by atoms with E-state index >= 15 is 0 Å². The van der Waals surface area contributed by atoms with Gasteiger partial charge < -0.3 is 9.84 Å². The molecule has 1 aliphatic heterocycles. The van der Waals surface area contributed by atoms with Gasteiger partial charge in [-0.1, -0.05) is 13.0 Å². The molecule has 1 saturated heterocycles. The lowest BCUT2D eigenvalue weighted by Crippen LogP contribution is -2.12. The smallest absolute Gasteiger partial charge is 0.145 e. The van der Waals surface area contributed by atoms with Crippen molar-refractivity contribution in [3.8, 4) is 0 Å². The minimum absolute atomic E-state index is 0.0145. The molecule has 1 unspecified atom stereocenters. The fraction of sp³-hybridized carbons (Fsp3) is 0.800. The number of rotatable bonds is 2. The van der Waals surface area contributed by atoms with Gasteiger partial charge in [0.1, 0.15) is 6.29 Å². The molecule has 18 heavy (non-hydrogen) atoms. The summed E-state index contributed by atoms with van der Waals surface area (Å²) < 4.78 is 5.79. The largest absolute Gasteiger partial charge is 0.396 e. The van der Waals surface area contributed by atoms with Gasteiger partial charge in [0, 0.05) is 12.0 Å². The summed E-state index contributed by atoms with van der Waals surface area (Å²) in [6.45, 7) is 4.52. The number of hydrogen-bond acceptors (Lipinski definition) is 3. The van der Waals surface area contributed by atoms with Crippen LogP contribution in [0.2, 0.25) is 0 Å². The standard InChI is InChI=1S/C15H22O3/c1-14(9-17)11-5-6-15(2)13(18-15)4-3-10(8-16)7-12(11)14/h7-8,11-13,17H,3-6,9H2,1-2H3/b10-7+/t11-,12?,13-,14+,15-/m1/s1. The molecule has 3 rings (SSSR count). The molecule has 0 amide bonds. The summed E-state index contributed by atoms with van der Waals surface area (Å²) in [5.41, 5.74) is 0.913. The van der Waals surface area contributed by atoms with E-state index in [1.54, 1.807) is 0 Å². The van der Waals surface area contributed by atoms with E-state index in [0.29, 0.717) is 17.9 Å². The van der Waals surface area contributed by atoms with E-state index < -0.39 is 0 Å². The van der Waals surface area contributed by atoms with E-state index in [0.717, 1.165) is 37.5 Å². The number of hydrogen-bond donors (Lipinski definition) is 1. The third-order valence-corrected chi connectivity index (χ3v) is 5.50. The second-order valence-corrected chi connectivity index (χ2v) is 6.65. The number of aliphatic hydroxyl groups excluding tert-OH is 1. The Bertz CT molecular complexity index is 403. The van der Waals surface area contributed by atoms with Crippen LogP contribution in [0.4, 0.5) is 0 Å². The second-order valence-electron chi connectivity index (χ2n) is 6.65. The number of fused-ring (bicyclic) bond motifs is 2. The van der Waals surface area contributed by atoms with E-state index in [9.17, 15) is 9.90 Å². The molecule has 0 aromatic carbocycles. The quantitative estimate of drug-likeness (QED) is 0.603. The Morgan fingerprint density at radius 2 is 2.28 bits per heavy atom. The zero-order valence-electron chi connectivity index (χ0n) is 11.2. The van der Waals surface area contributed by atoms with Crippen molar-refractivity contribution in [1.29, 1.82) is 0 Å². The van der Waals surface area contributed by atoms with Crippen molar-refractivity contribution in [2.75, 3.05) is 6.61 Å². The normalized spacial score (nSPS) is 53.5. The summed E-state index contributed by atoms with van der Waals surface area (Å²) in [4.78, 5) is 11.1. The van der Waals surface area contributed by atoms with Crippen LogP contribution in [0.5, 0.6) is 0 Å². The van der Waals surface area contributed by atoms with Gasteiger partial charge in [-0.3, -0.25) is 4.79 Å². The average Bonchev–Trinajstić information content (AvgIpc) is 3.19. The van der Waals surface area contributed by atoms with E-state index in [2.05, 4.69) is 19.9 Å². The van der Waals surface area contributed by atoms with Crippen LogP contribution in [0.15, 0.2) is 11.6 Å². The molecule has 2 aliphatic carbocycles. The molecular formula is C15H22O3. The van der Waals surface area contributed by atoms with E-state index in [1.807, 2.05) is 0 Å². The molecule has 1 saturated carbocycles. The molecule has 3 heteroatoms. The molecule has 0 spiro atoms. The van der Waals surface area contributed by atoms with Crippen LogP contribution >= 0.6 is 0 Å². The first-order valence-electron chi connectivity index (χ1n) is 6.98. The fourth-order valence-corrected chi connectivity index (χ4v) is 3.76. The van der Waals surface area contributed by atoms with Crippen LogP contribution in [0.3, 0.4) is 0 Å². The van der Waals surface area contributed by atoms with Gasteiger partial charge in [-0.05, 0) is 50.0 Å². The highest BCUT2D eigenvalue weighted by Gasteiger charge is 2.61. The SMILES string of the molecule is C[C@@]12CC[C@@H]3C(/C=C(/C=O)CC[C@H]1O2)[C@@]3(C)CO. The molecule has 100 valence electrons. The van der Waals surface area contributed by atoms with Crippen molar-refractivity contribution in [2.45, 2.75) is 51.2 Å². The highest BCUT2D eigenvalue weighted by Crippen LogP contribution is 2.63. The van der Waals surface area contributed by atoms with Crippen LogP contribution in [0, 0.1) is 17.3 Å². The van der Waals surface area contributed by atoms with Gasteiger partial charge >= 0.3 is 0 Å². The van der Waals surface area contributed by atoms with E-state index in [-0.39, 0.29) is 17.6 Å². The lowest BCUT2D eigenvalue weighted by atomic mass is 9.93. The zero-order valence-corrected chi connectivity index (χ0v) is 11.2. The maximum atomic E-state index is 11.1. The number of allylic oxidation sites excluding steroid dienone is 2. The Balaban J connectivity index is 1.82. The Hall–Kier alpha value is -0.670. The number of ether oxygens (including phenoxy) is 1. The van der Waals surface area contributed by atoms with Crippen molar-refractivity contribution in [3.05, 3.63) is 11.6 Å². The van der Waals surface area contributed by atoms with Crippen LogP contribution in [0.1, 0.15) is 39.5 Å². The molecule has 3 aliphatic rings. The van der Waals surface area contributed by atoms with Crippen LogP contribution in [0.25, 0.3) is 0 Å². The van der Waals surface area contributed by atoms with Gasteiger partial charge in [-0.15, -0.1) is 0 Å². The van der Waals surface area contributed by atoms with Crippen molar-refractivity contribution >= 4 is 6.29 Å². The van der Waals surface area contributed by atoms with Gasteiger partial charge in [0.2, 0.25) is 0 Å². The Kier molecular flexibility index (Phi) is 2.69. The van der Waals surface area contributed by atoms with E-state index in [4.69, 9.17) is 4.74 Å². The number of aldehydes is 1. The van der Waals surface area contributed by atoms with Gasteiger partial charge in [-0.2, -0.15) is 0 Å². The predicted molar refractivity (Wildman–Crippen MR) is 68.1 cm³/mol. The van der Waals surface area contributed by atoms with E-state index in [1.165, 1.54) is 0 Å². The molecule has 1 heterocycles. The molecule has 0 aromatic rings. The first-order valence-corrected chi connectivity index (χ1v) is 6.98. The number of carbonyl (C=O) groups is 1. The Morgan fingerprint density at radius 3 is 2.94 bits per heavy atom. The average molecular weight is 250 g/mol. The molecule has 3 nitrogen and oxygen atoms in total. The van der Waals surface area contributed by atoms with Crippen LogP contribution < -0.4 is 0 Å². The third-order valence-electron chi connectivity index (χ3n) is 5.50. The zero-order chi connectivity index (χ0) is 13.0. The van der Waals surface area contributed by atoms with Gasteiger partial charge in [-0.25, -0.2) is 0 Å². The number of epoxide rings is 1. The Labute approximate surface area is 108 Å². The lowest BCUT2D eigenvalue weighted by molar-refractivity contribution is -0.105. The summed E-state index contributed by atoms with van der Waals surface area (Å²) in [6.07, 6.45) is 7.36. The maximum Gasteiger partial charge on any atom is 0.145 e. The first-order chi connectivity index (χ1) is 8.53. The monoisotopic (exact) mass is 250 g/mol. The molecule has 1 N–H and O–H groups in total. The van der Waals surface area contributed by atoms with Gasteiger partial charge in [0.05, 0.1) is 11.7 Å². The summed E-state index contributed by atoms with van der Waals surface area (Å²) in [5, 5.41) is 9.57. The predicted octanol–water partition coefficient (Wildman–Crippen LogP) is 2.09. The molecule has 0 aromatic heterocycles. The summed E-state index contributed by atoms with van der Waals surface area (Å²) >= 11 is 0. The molecule has 2 fully saturated rings. The van der Waals surface area contributed by atoms with Crippen molar-refractivity contribution in [2.24, 2.45) is 17.3 Å². The Morgan fingerprint density at radius 1 is 1.50 bits per heavy atom. The van der Waals surface area contributed by atoms with Gasteiger partial charge in [0.15, 0.2) is 0 Å². The minimum atomic E-state index is -0.0145. The fourth-order valence-electron chi connectivity index (χ4n) is 3.76. The number of carbonyl (C=O) groups excluding carboxylic acids is 1. The number of aliphatic hydroxyl groups is 1. The summed E-state index contributed by atoms with van der Waals surface area (Å²) in [7, 11) is 0. The lowest BCUT2D eigenvalue weighted by Gasteiger charge is -2.09. The highest BCUT2D eigenvalue weighted by atomic mass is 16.6. The summed E-state index contributed by atoms with van der Waals surface area (Å²) in [5.74, 6) is 0.888. The first kappa shape index (κ1) is 12.4. The van der Waals surface area contributed by atoms with Crippen molar-refractivity contribution < 1.29 is 14.6 Å². The van der Waals surface area contributed by atoms with Crippen LogP contribution in [-0.4, -0.2) is 29.7 Å². The van der Waals surface area contributed by atoms with Crippen molar-refractivity contribution in [3.63, 3.8) is 0 Å². The highest BCUT2D eigenvalue weighted by molar-refractivity contribution is 5.73. The van der Waals surface area contributed by atoms with Gasteiger partial charge in [0.25, 0.3) is 0 Å².